The van der Waals surface area contributed by atoms with Crippen molar-refractivity contribution in [3.63, 3.8) is 0 Å². The molecule has 0 aliphatic rings. The Labute approximate surface area is 156 Å². The SMILES string of the molecule is COC(=O)Cc1c(C)c2ccc(OCc3cccc(OC)c3)cc2oc1=O. The quantitative estimate of drug-likeness (QED) is 0.490. The molecule has 0 spiro atoms. The molecular weight excluding hydrogens is 348 g/mol. The zero-order valence-electron chi connectivity index (χ0n) is 15.4. The summed E-state index contributed by atoms with van der Waals surface area (Å²) in [5.74, 6) is 0.853. The summed E-state index contributed by atoms with van der Waals surface area (Å²) in [6.45, 7) is 2.14. The van der Waals surface area contributed by atoms with E-state index in [9.17, 15) is 9.59 Å². The largest absolute Gasteiger partial charge is 0.497 e. The van der Waals surface area contributed by atoms with Crippen molar-refractivity contribution in [2.24, 2.45) is 0 Å². The zero-order chi connectivity index (χ0) is 19.4. The predicted octanol–water partition coefficient (Wildman–Crippen LogP) is 3.40. The van der Waals surface area contributed by atoms with Gasteiger partial charge < -0.3 is 18.6 Å². The Morgan fingerprint density at radius 1 is 1.07 bits per heavy atom. The van der Waals surface area contributed by atoms with Crippen LogP contribution in [0.15, 0.2) is 51.7 Å². The molecule has 0 saturated heterocycles. The Morgan fingerprint density at radius 3 is 2.63 bits per heavy atom. The summed E-state index contributed by atoms with van der Waals surface area (Å²) in [6.07, 6.45) is -0.116. The van der Waals surface area contributed by atoms with Crippen LogP contribution >= 0.6 is 0 Å². The van der Waals surface area contributed by atoms with Crippen LogP contribution in [0.5, 0.6) is 11.5 Å². The molecular formula is C21H20O6. The summed E-state index contributed by atoms with van der Waals surface area (Å²) in [7, 11) is 2.90. The van der Waals surface area contributed by atoms with E-state index in [0.29, 0.717) is 29.1 Å². The Kier molecular flexibility index (Phi) is 5.45. The second-order valence-corrected chi connectivity index (χ2v) is 6.04. The third-order valence-electron chi connectivity index (χ3n) is 4.35. The van der Waals surface area contributed by atoms with E-state index in [1.807, 2.05) is 30.3 Å². The summed E-state index contributed by atoms with van der Waals surface area (Å²) < 4.78 is 21.0. The van der Waals surface area contributed by atoms with E-state index in [4.69, 9.17) is 13.9 Å². The van der Waals surface area contributed by atoms with Crippen LogP contribution < -0.4 is 15.1 Å². The fourth-order valence-corrected chi connectivity index (χ4v) is 2.81. The molecule has 0 fully saturated rings. The molecule has 2 aromatic carbocycles. The highest BCUT2D eigenvalue weighted by Gasteiger charge is 2.15. The first kappa shape index (κ1) is 18.5. The lowest BCUT2D eigenvalue weighted by atomic mass is 10.0. The number of methoxy groups -OCH3 is 2. The molecule has 3 aromatic rings. The van der Waals surface area contributed by atoms with Crippen molar-refractivity contribution in [3.05, 3.63) is 69.6 Å². The Hall–Kier alpha value is -3.28. The third-order valence-corrected chi connectivity index (χ3v) is 4.35. The molecule has 0 amide bonds. The normalized spacial score (nSPS) is 10.6. The minimum atomic E-state index is -0.546. The Bertz CT molecular complexity index is 1030. The second kappa shape index (κ2) is 7.95. The number of fused-ring (bicyclic) bond motifs is 1. The Morgan fingerprint density at radius 2 is 1.89 bits per heavy atom. The van der Waals surface area contributed by atoms with Crippen LogP contribution in [0.3, 0.4) is 0 Å². The number of hydrogen-bond donors (Lipinski definition) is 0. The number of benzene rings is 2. The molecule has 0 saturated carbocycles. The van der Waals surface area contributed by atoms with E-state index >= 15 is 0 Å². The van der Waals surface area contributed by atoms with Crippen molar-refractivity contribution in [2.45, 2.75) is 20.0 Å². The van der Waals surface area contributed by atoms with Crippen molar-refractivity contribution in [1.82, 2.24) is 0 Å². The van der Waals surface area contributed by atoms with Crippen molar-refractivity contribution in [3.8, 4) is 11.5 Å². The fraction of sp³-hybridized carbons (Fsp3) is 0.238. The fourth-order valence-electron chi connectivity index (χ4n) is 2.81. The Balaban J connectivity index is 1.86. The number of carbonyl (C=O) groups excluding carboxylic acids is 1. The lowest BCUT2D eigenvalue weighted by Crippen LogP contribution is -2.16. The molecule has 3 rings (SSSR count). The van der Waals surface area contributed by atoms with Crippen molar-refractivity contribution >= 4 is 16.9 Å². The van der Waals surface area contributed by atoms with E-state index in [1.54, 1.807) is 26.2 Å². The van der Waals surface area contributed by atoms with Crippen LogP contribution in [-0.4, -0.2) is 20.2 Å². The van der Waals surface area contributed by atoms with Gasteiger partial charge in [0.2, 0.25) is 0 Å². The van der Waals surface area contributed by atoms with Gasteiger partial charge in [-0.2, -0.15) is 0 Å². The van der Waals surface area contributed by atoms with E-state index in [2.05, 4.69) is 4.74 Å². The van der Waals surface area contributed by atoms with Gasteiger partial charge in [-0.25, -0.2) is 4.79 Å². The summed E-state index contributed by atoms with van der Waals surface area (Å²) in [6, 6.07) is 12.9. The lowest BCUT2D eigenvalue weighted by Gasteiger charge is -2.10. The van der Waals surface area contributed by atoms with E-state index in [0.717, 1.165) is 16.7 Å². The van der Waals surface area contributed by atoms with Gasteiger partial charge in [0.15, 0.2) is 0 Å². The molecule has 0 unspecified atom stereocenters. The van der Waals surface area contributed by atoms with Crippen LogP contribution in [0.4, 0.5) is 0 Å². The molecule has 1 aromatic heterocycles. The van der Waals surface area contributed by atoms with Crippen LogP contribution in [0.1, 0.15) is 16.7 Å². The maximum Gasteiger partial charge on any atom is 0.340 e. The third kappa shape index (κ3) is 4.11. The number of hydrogen-bond acceptors (Lipinski definition) is 6. The summed E-state index contributed by atoms with van der Waals surface area (Å²) in [4.78, 5) is 23.7. The van der Waals surface area contributed by atoms with Crippen LogP contribution in [0.25, 0.3) is 11.0 Å². The maximum atomic E-state index is 12.2. The molecule has 0 bridgehead atoms. The molecule has 0 N–H and O–H groups in total. The number of ether oxygens (including phenoxy) is 3. The van der Waals surface area contributed by atoms with E-state index in [-0.39, 0.29) is 6.42 Å². The molecule has 0 aliphatic heterocycles. The summed E-state index contributed by atoms with van der Waals surface area (Å²) in [5, 5.41) is 0.752. The van der Waals surface area contributed by atoms with Crippen molar-refractivity contribution < 1.29 is 23.4 Å². The molecule has 0 aliphatic carbocycles. The number of esters is 1. The maximum absolute atomic E-state index is 12.2. The van der Waals surface area contributed by atoms with Gasteiger partial charge in [0.05, 0.1) is 26.2 Å². The molecule has 0 radical (unpaired) electrons. The van der Waals surface area contributed by atoms with Gasteiger partial charge in [-0.3, -0.25) is 4.79 Å². The van der Waals surface area contributed by atoms with Crippen molar-refractivity contribution in [1.29, 1.82) is 0 Å². The van der Waals surface area contributed by atoms with Gasteiger partial charge in [-0.05, 0) is 42.3 Å². The first-order chi connectivity index (χ1) is 13.0. The molecule has 6 nitrogen and oxygen atoms in total. The minimum Gasteiger partial charge on any atom is -0.497 e. The number of carbonyl (C=O) groups is 1. The average molecular weight is 368 g/mol. The van der Waals surface area contributed by atoms with Crippen LogP contribution in [-0.2, 0) is 22.6 Å². The molecule has 27 heavy (non-hydrogen) atoms. The van der Waals surface area contributed by atoms with Crippen LogP contribution in [0, 0.1) is 6.92 Å². The monoisotopic (exact) mass is 368 g/mol. The zero-order valence-corrected chi connectivity index (χ0v) is 15.4. The number of rotatable bonds is 6. The number of aryl methyl sites for hydroxylation is 1. The topological polar surface area (TPSA) is 75.0 Å². The smallest absolute Gasteiger partial charge is 0.340 e. The highest BCUT2D eigenvalue weighted by molar-refractivity contribution is 5.84. The molecule has 6 heteroatoms. The highest BCUT2D eigenvalue weighted by atomic mass is 16.5. The van der Waals surface area contributed by atoms with Gasteiger partial charge in [-0.1, -0.05) is 12.1 Å². The molecule has 0 atom stereocenters. The second-order valence-electron chi connectivity index (χ2n) is 6.04. The molecule has 140 valence electrons. The van der Waals surface area contributed by atoms with Crippen LogP contribution in [0.2, 0.25) is 0 Å². The average Bonchev–Trinajstić information content (AvgIpc) is 2.69. The highest BCUT2D eigenvalue weighted by Crippen LogP contribution is 2.25. The van der Waals surface area contributed by atoms with E-state index < -0.39 is 11.6 Å². The first-order valence-corrected chi connectivity index (χ1v) is 8.40. The standard InChI is InChI=1S/C21H20O6/c1-13-17-8-7-16(26-12-14-5-4-6-15(9-14)24-2)10-19(17)27-21(23)18(13)11-20(22)25-3/h4-10H,11-12H2,1-3H3. The predicted molar refractivity (Wildman–Crippen MR) is 100 cm³/mol. The van der Waals surface area contributed by atoms with Crippen molar-refractivity contribution in [2.75, 3.05) is 14.2 Å². The minimum absolute atomic E-state index is 0.116. The summed E-state index contributed by atoms with van der Waals surface area (Å²) in [5.41, 5.74) is 1.83. The van der Waals surface area contributed by atoms with Gasteiger partial charge in [0.25, 0.3) is 0 Å². The van der Waals surface area contributed by atoms with Gasteiger partial charge >= 0.3 is 11.6 Å². The summed E-state index contributed by atoms with van der Waals surface area (Å²) >= 11 is 0. The van der Waals surface area contributed by atoms with E-state index in [1.165, 1.54) is 7.11 Å². The molecule has 1 heterocycles. The van der Waals surface area contributed by atoms with Gasteiger partial charge in [0.1, 0.15) is 23.7 Å². The van der Waals surface area contributed by atoms with Gasteiger partial charge in [-0.15, -0.1) is 0 Å². The first-order valence-electron chi connectivity index (χ1n) is 8.40. The lowest BCUT2D eigenvalue weighted by molar-refractivity contribution is -0.139. The van der Waals surface area contributed by atoms with Gasteiger partial charge in [0, 0.05) is 11.5 Å².